The molecule has 0 heterocycles. The molecule has 0 radical (unpaired) electrons. The molecule has 10 heteroatoms. The largest absolute Gasteiger partial charge is 0.435 e. The third-order valence-electron chi connectivity index (χ3n) is 3.12. The summed E-state index contributed by atoms with van der Waals surface area (Å²) in [6.07, 6.45) is 1.70. The van der Waals surface area contributed by atoms with Gasteiger partial charge in [0.15, 0.2) is 5.96 Å². The second kappa shape index (κ2) is 11.4. The fourth-order valence-corrected chi connectivity index (χ4v) is 2.71. The standard InChI is InChI=1S/C15H23F2N3O3S.HI/c1-18-15(19-9-4-10-24(3,21)22)20(2)11-12-5-7-13(8-6-12)23-14(16)17;/h5-8,14H,4,9-11H2,1-3H3,(H,18,19);1H. The number of halogens is 3. The van der Waals surface area contributed by atoms with Crippen LogP contribution in [0, 0.1) is 0 Å². The summed E-state index contributed by atoms with van der Waals surface area (Å²) in [5.41, 5.74) is 0.901. The zero-order valence-corrected chi connectivity index (χ0v) is 17.6. The van der Waals surface area contributed by atoms with Gasteiger partial charge in [-0.2, -0.15) is 8.78 Å². The monoisotopic (exact) mass is 491 g/mol. The second-order valence-corrected chi connectivity index (χ2v) is 7.60. The molecule has 0 aliphatic rings. The fraction of sp³-hybridized carbons (Fsp3) is 0.533. The number of nitrogens with zero attached hydrogens (tertiary/aromatic N) is 2. The SMILES string of the molecule is CN=C(NCCCS(C)(=O)=O)N(C)Cc1ccc(OC(F)F)cc1.I. The van der Waals surface area contributed by atoms with Gasteiger partial charge in [-0.05, 0) is 24.1 Å². The van der Waals surface area contributed by atoms with Crippen LogP contribution in [0.1, 0.15) is 12.0 Å². The molecule has 0 spiro atoms. The van der Waals surface area contributed by atoms with E-state index in [-0.39, 0.29) is 35.5 Å². The molecular formula is C15H24F2IN3O3S. The summed E-state index contributed by atoms with van der Waals surface area (Å²) in [7, 11) is 0.494. The Morgan fingerprint density at radius 2 is 1.92 bits per heavy atom. The molecule has 0 fully saturated rings. The van der Waals surface area contributed by atoms with Crippen molar-refractivity contribution in [3.63, 3.8) is 0 Å². The molecule has 6 nitrogen and oxygen atoms in total. The first-order valence-electron chi connectivity index (χ1n) is 7.34. The molecule has 0 saturated heterocycles. The molecule has 0 amide bonds. The Kier molecular flexibility index (Phi) is 10.9. The van der Waals surface area contributed by atoms with E-state index in [2.05, 4.69) is 15.0 Å². The van der Waals surface area contributed by atoms with Crippen LogP contribution in [0.2, 0.25) is 0 Å². The first-order valence-corrected chi connectivity index (χ1v) is 9.40. The predicted molar refractivity (Wildman–Crippen MR) is 106 cm³/mol. The molecule has 0 saturated carbocycles. The average molecular weight is 491 g/mol. The van der Waals surface area contributed by atoms with E-state index in [1.165, 1.54) is 18.4 Å². The van der Waals surface area contributed by atoms with Crippen molar-refractivity contribution in [2.24, 2.45) is 4.99 Å². The highest BCUT2D eigenvalue weighted by atomic mass is 127. The van der Waals surface area contributed by atoms with Gasteiger partial charge in [-0.3, -0.25) is 4.99 Å². The van der Waals surface area contributed by atoms with E-state index in [9.17, 15) is 17.2 Å². The van der Waals surface area contributed by atoms with Gasteiger partial charge in [0.2, 0.25) is 0 Å². The van der Waals surface area contributed by atoms with Crippen LogP contribution in [-0.2, 0) is 16.4 Å². The maximum atomic E-state index is 12.1. The van der Waals surface area contributed by atoms with E-state index in [1.54, 1.807) is 19.2 Å². The maximum absolute atomic E-state index is 12.1. The Morgan fingerprint density at radius 1 is 1.32 bits per heavy atom. The van der Waals surface area contributed by atoms with Gasteiger partial charge >= 0.3 is 6.61 Å². The quantitative estimate of drug-likeness (QED) is 0.262. The highest BCUT2D eigenvalue weighted by Gasteiger charge is 2.08. The molecule has 25 heavy (non-hydrogen) atoms. The lowest BCUT2D eigenvalue weighted by Gasteiger charge is -2.22. The van der Waals surface area contributed by atoms with Crippen LogP contribution in [0.4, 0.5) is 8.78 Å². The lowest BCUT2D eigenvalue weighted by atomic mass is 10.2. The molecule has 0 aliphatic carbocycles. The number of alkyl halides is 2. The van der Waals surface area contributed by atoms with Gasteiger partial charge in [-0.25, -0.2) is 8.42 Å². The Hall–Kier alpha value is -1.17. The zero-order valence-electron chi connectivity index (χ0n) is 14.4. The molecule has 0 aliphatic heterocycles. The molecule has 0 aromatic heterocycles. The molecule has 144 valence electrons. The number of guanidine groups is 1. The van der Waals surface area contributed by atoms with Crippen molar-refractivity contribution >= 4 is 39.8 Å². The van der Waals surface area contributed by atoms with Crippen LogP contribution < -0.4 is 10.1 Å². The van der Waals surface area contributed by atoms with Crippen LogP contribution in [-0.4, -0.2) is 58.5 Å². The number of hydrogen-bond acceptors (Lipinski definition) is 4. The number of ether oxygens (including phenoxy) is 1. The van der Waals surface area contributed by atoms with E-state index >= 15 is 0 Å². The molecule has 1 N–H and O–H groups in total. The summed E-state index contributed by atoms with van der Waals surface area (Å²) < 4.78 is 50.7. The molecule has 1 aromatic rings. The molecule has 0 unspecified atom stereocenters. The van der Waals surface area contributed by atoms with Crippen LogP contribution in [0.5, 0.6) is 5.75 Å². The van der Waals surface area contributed by atoms with Gasteiger partial charge in [0.1, 0.15) is 15.6 Å². The fourth-order valence-electron chi connectivity index (χ4n) is 2.04. The lowest BCUT2D eigenvalue weighted by molar-refractivity contribution is -0.0498. The van der Waals surface area contributed by atoms with Crippen molar-refractivity contribution in [2.45, 2.75) is 19.6 Å². The first-order chi connectivity index (χ1) is 11.2. The minimum absolute atomic E-state index is 0. The summed E-state index contributed by atoms with van der Waals surface area (Å²) in [6.45, 7) is -1.83. The number of nitrogens with one attached hydrogen (secondary N) is 1. The van der Waals surface area contributed by atoms with E-state index in [0.29, 0.717) is 25.5 Å². The van der Waals surface area contributed by atoms with Gasteiger partial charge in [0.05, 0.1) is 5.75 Å². The van der Waals surface area contributed by atoms with Crippen molar-refractivity contribution in [1.29, 1.82) is 0 Å². The Morgan fingerprint density at radius 3 is 2.40 bits per heavy atom. The number of rotatable bonds is 8. The van der Waals surface area contributed by atoms with Crippen molar-refractivity contribution < 1.29 is 21.9 Å². The highest BCUT2D eigenvalue weighted by Crippen LogP contribution is 2.15. The van der Waals surface area contributed by atoms with E-state index in [1.807, 2.05) is 11.9 Å². The van der Waals surface area contributed by atoms with E-state index < -0.39 is 16.4 Å². The molecule has 0 atom stereocenters. The van der Waals surface area contributed by atoms with Crippen LogP contribution in [0.3, 0.4) is 0 Å². The normalized spacial score (nSPS) is 11.8. The highest BCUT2D eigenvalue weighted by molar-refractivity contribution is 14.0. The third kappa shape index (κ3) is 10.4. The first kappa shape index (κ1) is 23.8. The van der Waals surface area contributed by atoms with Crippen molar-refractivity contribution in [3.8, 4) is 5.75 Å². The average Bonchev–Trinajstić information content (AvgIpc) is 2.47. The van der Waals surface area contributed by atoms with Gasteiger partial charge < -0.3 is 15.0 Å². The molecule has 0 bridgehead atoms. The van der Waals surface area contributed by atoms with Crippen molar-refractivity contribution in [1.82, 2.24) is 10.2 Å². The van der Waals surface area contributed by atoms with Crippen LogP contribution in [0.15, 0.2) is 29.3 Å². The van der Waals surface area contributed by atoms with Gasteiger partial charge in [0.25, 0.3) is 0 Å². The molecule has 1 aromatic carbocycles. The third-order valence-corrected chi connectivity index (χ3v) is 4.15. The smallest absolute Gasteiger partial charge is 0.387 e. The zero-order chi connectivity index (χ0) is 18.2. The molecular weight excluding hydrogens is 467 g/mol. The molecule has 1 rings (SSSR count). The minimum atomic E-state index is -2.97. The van der Waals surface area contributed by atoms with Crippen molar-refractivity contribution in [2.75, 3.05) is 32.6 Å². The number of sulfone groups is 1. The summed E-state index contributed by atoms with van der Waals surface area (Å²) in [6, 6.07) is 6.37. The Balaban J connectivity index is 0.00000576. The summed E-state index contributed by atoms with van der Waals surface area (Å²) in [5, 5.41) is 3.09. The van der Waals surface area contributed by atoms with Crippen LogP contribution in [0.25, 0.3) is 0 Å². The summed E-state index contributed by atoms with van der Waals surface area (Å²) in [4.78, 5) is 5.98. The second-order valence-electron chi connectivity index (χ2n) is 5.34. The maximum Gasteiger partial charge on any atom is 0.387 e. The van der Waals surface area contributed by atoms with Crippen molar-refractivity contribution in [3.05, 3.63) is 29.8 Å². The Labute approximate surface area is 164 Å². The lowest BCUT2D eigenvalue weighted by Crippen LogP contribution is -2.39. The van der Waals surface area contributed by atoms with Crippen LogP contribution >= 0.6 is 24.0 Å². The van der Waals surface area contributed by atoms with E-state index in [0.717, 1.165) is 5.56 Å². The van der Waals surface area contributed by atoms with E-state index in [4.69, 9.17) is 0 Å². The number of benzene rings is 1. The number of hydrogen-bond donors (Lipinski definition) is 1. The van der Waals surface area contributed by atoms with Gasteiger partial charge in [-0.15, -0.1) is 24.0 Å². The minimum Gasteiger partial charge on any atom is -0.435 e. The topological polar surface area (TPSA) is 71.0 Å². The summed E-state index contributed by atoms with van der Waals surface area (Å²) >= 11 is 0. The number of aliphatic imine (C=N–C) groups is 1. The Bertz CT molecular complexity index is 640. The van der Waals surface area contributed by atoms with Gasteiger partial charge in [0, 0.05) is 33.4 Å². The predicted octanol–water partition coefficient (Wildman–Crippen LogP) is 2.35. The summed E-state index contributed by atoms with van der Waals surface area (Å²) in [5.74, 6) is 0.850. The van der Waals surface area contributed by atoms with Gasteiger partial charge in [-0.1, -0.05) is 12.1 Å².